The zero-order valence-electron chi connectivity index (χ0n) is 13.8. The summed E-state index contributed by atoms with van der Waals surface area (Å²) in [6.07, 6.45) is 2.53. The Morgan fingerprint density at radius 2 is 1.92 bits per heavy atom. The van der Waals surface area contributed by atoms with Gasteiger partial charge in [0.25, 0.3) is 5.69 Å². The highest BCUT2D eigenvalue weighted by molar-refractivity contribution is 5.92. The molecule has 0 saturated heterocycles. The molecule has 2 aliphatic rings. The summed E-state index contributed by atoms with van der Waals surface area (Å²) in [5.41, 5.74) is 2.87. The minimum atomic E-state index is -0.693. The lowest BCUT2D eigenvalue weighted by molar-refractivity contribution is -0.393. The van der Waals surface area contributed by atoms with Crippen LogP contribution in [0.2, 0.25) is 0 Å². The number of fused-ring (bicyclic) bond motifs is 2. The van der Waals surface area contributed by atoms with Crippen molar-refractivity contribution in [2.75, 3.05) is 19.6 Å². The Morgan fingerprint density at radius 3 is 2.48 bits per heavy atom. The smallest absolute Gasteiger partial charge is 0.301 e. The van der Waals surface area contributed by atoms with Gasteiger partial charge in [-0.25, -0.2) is 0 Å². The second-order valence-electron chi connectivity index (χ2n) is 6.09. The molecule has 10 nitrogen and oxygen atoms in total. The van der Waals surface area contributed by atoms with E-state index in [9.17, 15) is 20.2 Å². The summed E-state index contributed by atoms with van der Waals surface area (Å²) in [6, 6.07) is 3.40. The second kappa shape index (κ2) is 6.37. The van der Waals surface area contributed by atoms with Crippen molar-refractivity contribution in [1.82, 2.24) is 0 Å². The van der Waals surface area contributed by atoms with Gasteiger partial charge in [0.1, 0.15) is 5.69 Å². The number of nitro benzene ring substituents is 2. The molecule has 2 bridgehead atoms. The van der Waals surface area contributed by atoms with E-state index in [1.54, 1.807) is 14.2 Å². The van der Waals surface area contributed by atoms with Gasteiger partial charge in [0.05, 0.1) is 21.8 Å². The first-order chi connectivity index (χ1) is 11.9. The van der Waals surface area contributed by atoms with Crippen LogP contribution in [0.3, 0.4) is 0 Å². The normalized spacial score (nSPS) is 25.3. The third kappa shape index (κ3) is 2.72. The highest BCUT2D eigenvalue weighted by Crippen LogP contribution is 2.53. The van der Waals surface area contributed by atoms with E-state index < -0.39 is 21.3 Å². The van der Waals surface area contributed by atoms with E-state index in [1.807, 2.05) is 0 Å². The molecule has 1 aromatic rings. The SMILES string of the molecule is COC1(OC)[C@@H]2CC[C@H]1/C(=N/Nc1ccc([N+](=O)[O-])cc1[N+](=O)[O-])C2. The Labute approximate surface area is 143 Å². The summed E-state index contributed by atoms with van der Waals surface area (Å²) in [5.74, 6) is -0.515. The third-order valence-electron chi connectivity index (χ3n) is 5.06. The van der Waals surface area contributed by atoms with Gasteiger partial charge < -0.3 is 9.47 Å². The Bertz CT molecular complexity index is 746. The zero-order valence-corrected chi connectivity index (χ0v) is 13.8. The summed E-state index contributed by atoms with van der Waals surface area (Å²) in [7, 11) is 3.21. The lowest BCUT2D eigenvalue weighted by Gasteiger charge is -2.30. The molecule has 2 saturated carbocycles. The van der Waals surface area contributed by atoms with Gasteiger partial charge in [-0.1, -0.05) is 0 Å². The van der Waals surface area contributed by atoms with Gasteiger partial charge in [-0.3, -0.25) is 25.7 Å². The van der Waals surface area contributed by atoms with Crippen LogP contribution in [0.5, 0.6) is 0 Å². The fourth-order valence-corrected chi connectivity index (χ4v) is 3.93. The van der Waals surface area contributed by atoms with Crippen molar-refractivity contribution in [2.45, 2.75) is 25.0 Å². The van der Waals surface area contributed by atoms with Gasteiger partial charge in [-0.2, -0.15) is 5.10 Å². The minimum absolute atomic E-state index is 0.0166. The topological polar surface area (TPSA) is 129 Å². The van der Waals surface area contributed by atoms with Crippen LogP contribution < -0.4 is 5.43 Å². The van der Waals surface area contributed by atoms with Gasteiger partial charge in [0, 0.05) is 31.9 Å². The summed E-state index contributed by atoms with van der Waals surface area (Å²) in [5, 5.41) is 26.3. The number of hydrogen-bond donors (Lipinski definition) is 1. The molecule has 0 aliphatic heterocycles. The average molecular weight is 350 g/mol. The average Bonchev–Trinajstić information content (AvgIpc) is 3.11. The number of hydrazone groups is 1. The van der Waals surface area contributed by atoms with Gasteiger partial charge >= 0.3 is 5.69 Å². The number of nitrogens with zero attached hydrogens (tertiary/aromatic N) is 3. The van der Waals surface area contributed by atoms with E-state index in [1.165, 1.54) is 12.1 Å². The van der Waals surface area contributed by atoms with E-state index in [4.69, 9.17) is 9.47 Å². The number of methoxy groups -OCH3 is 2. The van der Waals surface area contributed by atoms with Crippen molar-refractivity contribution in [3.05, 3.63) is 38.4 Å². The van der Waals surface area contributed by atoms with Crippen LogP contribution in [-0.2, 0) is 9.47 Å². The molecule has 3 rings (SSSR count). The monoisotopic (exact) mass is 350 g/mol. The van der Waals surface area contributed by atoms with E-state index in [2.05, 4.69) is 10.5 Å². The van der Waals surface area contributed by atoms with E-state index in [0.29, 0.717) is 6.42 Å². The molecule has 2 aliphatic carbocycles. The Morgan fingerprint density at radius 1 is 1.20 bits per heavy atom. The number of nitrogens with one attached hydrogen (secondary N) is 1. The molecule has 2 fully saturated rings. The predicted octanol–water partition coefficient (Wildman–Crippen LogP) is 2.69. The number of non-ortho nitro benzene ring substituents is 1. The van der Waals surface area contributed by atoms with E-state index >= 15 is 0 Å². The molecule has 0 heterocycles. The molecular formula is C15H18N4O6. The first-order valence-electron chi connectivity index (χ1n) is 7.78. The standard InChI is InChI=1S/C15H18N4O6/c1-24-15(25-2)9-3-5-11(15)13(7-9)17-16-12-6-4-10(18(20)21)8-14(12)19(22)23/h4,6,8-9,11,16H,3,5,7H2,1-2H3/b17-13+/t9-,11+/m1/s1. The number of ether oxygens (including phenoxy) is 2. The Balaban J connectivity index is 1.86. The first-order valence-corrected chi connectivity index (χ1v) is 7.78. The predicted molar refractivity (Wildman–Crippen MR) is 88.4 cm³/mol. The second-order valence-corrected chi connectivity index (χ2v) is 6.09. The zero-order chi connectivity index (χ0) is 18.2. The molecule has 134 valence electrons. The van der Waals surface area contributed by atoms with Gasteiger partial charge in [0.15, 0.2) is 5.79 Å². The Hall–Kier alpha value is -2.59. The molecule has 0 unspecified atom stereocenters. The van der Waals surface area contributed by atoms with E-state index in [-0.39, 0.29) is 23.2 Å². The fraction of sp³-hybridized carbons (Fsp3) is 0.533. The van der Waals surface area contributed by atoms with Crippen LogP contribution in [-0.4, -0.2) is 35.6 Å². The molecule has 2 atom stereocenters. The number of nitro groups is 2. The van der Waals surface area contributed by atoms with Crippen molar-refractivity contribution in [3.63, 3.8) is 0 Å². The molecule has 25 heavy (non-hydrogen) atoms. The Kier molecular flexibility index (Phi) is 4.39. The molecule has 10 heteroatoms. The molecule has 0 radical (unpaired) electrons. The fourth-order valence-electron chi connectivity index (χ4n) is 3.93. The molecule has 1 N–H and O–H groups in total. The lowest BCUT2D eigenvalue weighted by Crippen LogP contribution is -2.40. The van der Waals surface area contributed by atoms with Gasteiger partial charge in [0.2, 0.25) is 0 Å². The lowest BCUT2D eigenvalue weighted by atomic mass is 9.99. The number of anilines is 1. The molecule has 0 amide bonds. The third-order valence-corrected chi connectivity index (χ3v) is 5.06. The molecule has 0 aromatic heterocycles. The summed E-state index contributed by atoms with van der Waals surface area (Å²) in [6.45, 7) is 0. The molecule has 1 aromatic carbocycles. The van der Waals surface area contributed by atoms with Crippen molar-refractivity contribution >= 4 is 22.8 Å². The molecular weight excluding hydrogens is 332 g/mol. The maximum atomic E-state index is 11.2. The van der Waals surface area contributed by atoms with Crippen LogP contribution in [0.15, 0.2) is 23.3 Å². The van der Waals surface area contributed by atoms with Crippen molar-refractivity contribution in [3.8, 4) is 0 Å². The van der Waals surface area contributed by atoms with Crippen molar-refractivity contribution in [1.29, 1.82) is 0 Å². The number of hydrogen-bond acceptors (Lipinski definition) is 8. The molecule has 0 spiro atoms. The maximum absolute atomic E-state index is 11.2. The van der Waals surface area contributed by atoms with Crippen LogP contribution in [0.1, 0.15) is 19.3 Å². The summed E-state index contributed by atoms with van der Waals surface area (Å²) >= 11 is 0. The summed E-state index contributed by atoms with van der Waals surface area (Å²) < 4.78 is 11.2. The van der Waals surface area contributed by atoms with Crippen LogP contribution in [0.4, 0.5) is 17.1 Å². The highest BCUT2D eigenvalue weighted by Gasteiger charge is 2.59. The quantitative estimate of drug-likeness (QED) is 0.474. The van der Waals surface area contributed by atoms with E-state index in [0.717, 1.165) is 24.6 Å². The minimum Gasteiger partial charge on any atom is -0.352 e. The summed E-state index contributed by atoms with van der Waals surface area (Å²) in [4.78, 5) is 20.6. The maximum Gasteiger partial charge on any atom is 0.301 e. The number of rotatable bonds is 6. The highest BCUT2D eigenvalue weighted by atomic mass is 16.7. The number of benzene rings is 1. The van der Waals surface area contributed by atoms with Crippen LogP contribution >= 0.6 is 0 Å². The van der Waals surface area contributed by atoms with Crippen molar-refractivity contribution < 1.29 is 19.3 Å². The van der Waals surface area contributed by atoms with Gasteiger partial charge in [-0.05, 0) is 25.3 Å². The largest absolute Gasteiger partial charge is 0.352 e. The van der Waals surface area contributed by atoms with Gasteiger partial charge in [-0.15, -0.1) is 0 Å². The van der Waals surface area contributed by atoms with Crippen molar-refractivity contribution in [2.24, 2.45) is 16.9 Å². The van der Waals surface area contributed by atoms with Crippen LogP contribution in [0, 0.1) is 32.1 Å². The van der Waals surface area contributed by atoms with Crippen LogP contribution in [0.25, 0.3) is 0 Å². The first kappa shape index (κ1) is 17.2.